The van der Waals surface area contributed by atoms with Crippen molar-refractivity contribution in [2.75, 3.05) is 0 Å². The average Bonchev–Trinajstić information content (AvgIpc) is 2.45. The van der Waals surface area contributed by atoms with Crippen molar-refractivity contribution in [3.8, 4) is 0 Å². The van der Waals surface area contributed by atoms with Gasteiger partial charge in [-0.1, -0.05) is 0 Å². The third-order valence-electron chi connectivity index (χ3n) is 2.78. The maximum Gasteiger partial charge on any atom is 0.303 e. The van der Waals surface area contributed by atoms with Crippen molar-refractivity contribution < 1.29 is 9.90 Å². The van der Waals surface area contributed by atoms with E-state index in [0.29, 0.717) is 6.04 Å². The number of hydrogen-bond donors (Lipinski definition) is 1. The predicted molar refractivity (Wildman–Crippen MR) is 60.1 cm³/mol. The summed E-state index contributed by atoms with van der Waals surface area (Å²) < 4.78 is 2.27. The molecule has 1 unspecified atom stereocenters. The lowest BCUT2D eigenvalue weighted by Gasteiger charge is -2.17. The summed E-state index contributed by atoms with van der Waals surface area (Å²) in [6, 6.07) is 4.59. The second kappa shape index (κ2) is 5.01. The summed E-state index contributed by atoms with van der Waals surface area (Å²) in [6.45, 7) is 6.31. The van der Waals surface area contributed by atoms with Gasteiger partial charge in [0, 0.05) is 23.9 Å². The Morgan fingerprint density at radius 1 is 1.40 bits per heavy atom. The van der Waals surface area contributed by atoms with Crippen LogP contribution in [0.3, 0.4) is 0 Å². The first kappa shape index (κ1) is 11.8. The van der Waals surface area contributed by atoms with Crippen LogP contribution in [0.1, 0.15) is 43.6 Å². The smallest absolute Gasteiger partial charge is 0.303 e. The number of aromatic nitrogens is 1. The van der Waals surface area contributed by atoms with Crippen molar-refractivity contribution in [2.24, 2.45) is 0 Å². The molecule has 1 heterocycles. The number of carboxylic acid groups (broad SMARTS) is 1. The molecule has 84 valence electrons. The Bertz CT molecular complexity index is 322. The van der Waals surface area contributed by atoms with Crippen molar-refractivity contribution in [3.05, 3.63) is 23.5 Å². The Hall–Kier alpha value is -1.25. The number of nitrogens with zero attached hydrogens (tertiary/aromatic N) is 1. The van der Waals surface area contributed by atoms with E-state index in [2.05, 4.69) is 37.5 Å². The SMILES string of the molecule is Cc1ccc(C)n1C(C)CCCC(=O)O. The van der Waals surface area contributed by atoms with Gasteiger partial charge in [-0.05, 0) is 45.7 Å². The molecule has 0 bridgehead atoms. The van der Waals surface area contributed by atoms with Crippen molar-refractivity contribution in [1.29, 1.82) is 0 Å². The number of carboxylic acids is 1. The molecule has 0 amide bonds. The maximum absolute atomic E-state index is 10.4. The summed E-state index contributed by atoms with van der Waals surface area (Å²) in [4.78, 5) is 10.4. The van der Waals surface area contributed by atoms with Crippen molar-refractivity contribution in [3.63, 3.8) is 0 Å². The van der Waals surface area contributed by atoms with Crippen molar-refractivity contribution in [1.82, 2.24) is 4.57 Å². The summed E-state index contributed by atoms with van der Waals surface area (Å²) in [5, 5.41) is 8.56. The highest BCUT2D eigenvalue weighted by molar-refractivity contribution is 5.66. The highest BCUT2D eigenvalue weighted by Gasteiger charge is 2.09. The normalized spacial score (nSPS) is 12.7. The van der Waals surface area contributed by atoms with Gasteiger partial charge in [0.2, 0.25) is 0 Å². The van der Waals surface area contributed by atoms with Crippen LogP contribution in [0.2, 0.25) is 0 Å². The van der Waals surface area contributed by atoms with Gasteiger partial charge in [0.05, 0.1) is 0 Å². The van der Waals surface area contributed by atoms with Crippen molar-refractivity contribution >= 4 is 5.97 Å². The molecular weight excluding hydrogens is 190 g/mol. The molecule has 0 aliphatic heterocycles. The first-order valence-electron chi connectivity index (χ1n) is 5.38. The number of rotatable bonds is 5. The van der Waals surface area contributed by atoms with Crippen LogP contribution in [0.25, 0.3) is 0 Å². The first-order valence-corrected chi connectivity index (χ1v) is 5.38. The van der Waals surface area contributed by atoms with E-state index in [-0.39, 0.29) is 6.42 Å². The third kappa shape index (κ3) is 3.11. The zero-order chi connectivity index (χ0) is 11.4. The average molecular weight is 209 g/mol. The van der Waals surface area contributed by atoms with E-state index in [1.165, 1.54) is 11.4 Å². The fourth-order valence-electron chi connectivity index (χ4n) is 2.05. The molecule has 0 fully saturated rings. The Kier molecular flexibility index (Phi) is 3.95. The van der Waals surface area contributed by atoms with Gasteiger partial charge >= 0.3 is 5.97 Å². The van der Waals surface area contributed by atoms with Crippen LogP contribution in [0, 0.1) is 13.8 Å². The van der Waals surface area contributed by atoms with E-state index in [1.807, 2.05) is 0 Å². The molecule has 0 saturated carbocycles. The Morgan fingerprint density at radius 3 is 2.40 bits per heavy atom. The summed E-state index contributed by atoms with van der Waals surface area (Å²) >= 11 is 0. The van der Waals surface area contributed by atoms with Gasteiger partial charge in [0.15, 0.2) is 0 Å². The minimum Gasteiger partial charge on any atom is -0.481 e. The van der Waals surface area contributed by atoms with Gasteiger partial charge in [-0.25, -0.2) is 0 Å². The minimum absolute atomic E-state index is 0.268. The Labute approximate surface area is 90.7 Å². The van der Waals surface area contributed by atoms with E-state index in [9.17, 15) is 4.79 Å². The van der Waals surface area contributed by atoms with E-state index in [1.54, 1.807) is 0 Å². The topological polar surface area (TPSA) is 42.2 Å². The van der Waals surface area contributed by atoms with Crippen LogP contribution in [0.4, 0.5) is 0 Å². The zero-order valence-electron chi connectivity index (χ0n) is 9.66. The van der Waals surface area contributed by atoms with E-state index in [4.69, 9.17) is 5.11 Å². The summed E-state index contributed by atoms with van der Waals surface area (Å²) in [7, 11) is 0. The molecule has 1 atom stereocenters. The molecule has 1 rings (SSSR count). The largest absolute Gasteiger partial charge is 0.481 e. The monoisotopic (exact) mass is 209 g/mol. The number of carbonyl (C=O) groups is 1. The molecule has 0 aliphatic carbocycles. The molecule has 1 aromatic heterocycles. The lowest BCUT2D eigenvalue weighted by Crippen LogP contribution is -2.09. The van der Waals surface area contributed by atoms with Crippen molar-refractivity contribution in [2.45, 2.75) is 46.1 Å². The molecule has 1 aromatic rings. The van der Waals surface area contributed by atoms with Crippen LogP contribution >= 0.6 is 0 Å². The van der Waals surface area contributed by atoms with Gasteiger partial charge in [-0.15, -0.1) is 0 Å². The molecule has 0 radical (unpaired) electrons. The zero-order valence-corrected chi connectivity index (χ0v) is 9.66. The molecule has 15 heavy (non-hydrogen) atoms. The molecule has 0 aromatic carbocycles. The quantitative estimate of drug-likeness (QED) is 0.810. The molecule has 0 aliphatic rings. The van der Waals surface area contributed by atoms with Gasteiger partial charge in [0.25, 0.3) is 0 Å². The number of aryl methyl sites for hydroxylation is 2. The number of hydrogen-bond acceptors (Lipinski definition) is 1. The van der Waals surface area contributed by atoms with Gasteiger partial charge < -0.3 is 9.67 Å². The second-order valence-corrected chi connectivity index (χ2v) is 4.12. The van der Waals surface area contributed by atoms with Crippen LogP contribution in [0.5, 0.6) is 0 Å². The Morgan fingerprint density at radius 2 is 1.93 bits per heavy atom. The van der Waals surface area contributed by atoms with Gasteiger partial charge in [-0.3, -0.25) is 4.79 Å². The number of aliphatic carboxylic acids is 1. The molecule has 3 heteroatoms. The second-order valence-electron chi connectivity index (χ2n) is 4.12. The van der Waals surface area contributed by atoms with E-state index in [0.717, 1.165) is 12.8 Å². The van der Waals surface area contributed by atoms with Gasteiger partial charge in [0.1, 0.15) is 0 Å². The van der Waals surface area contributed by atoms with E-state index >= 15 is 0 Å². The fourth-order valence-corrected chi connectivity index (χ4v) is 2.05. The molecule has 1 N–H and O–H groups in total. The summed E-state index contributed by atoms with van der Waals surface area (Å²) in [5.74, 6) is -0.705. The lowest BCUT2D eigenvalue weighted by molar-refractivity contribution is -0.137. The van der Waals surface area contributed by atoms with Crippen LogP contribution < -0.4 is 0 Å². The van der Waals surface area contributed by atoms with E-state index < -0.39 is 5.97 Å². The predicted octanol–water partition coefficient (Wildman–Crippen LogP) is 2.92. The summed E-state index contributed by atoms with van der Waals surface area (Å²) in [6.07, 6.45) is 1.93. The first-order chi connectivity index (χ1) is 7.02. The maximum atomic E-state index is 10.4. The molecule has 0 spiro atoms. The van der Waals surface area contributed by atoms with Crippen LogP contribution in [0.15, 0.2) is 12.1 Å². The standard InChI is InChI=1S/C12H19NO2/c1-9(5-4-6-12(14)15)13-10(2)7-8-11(13)3/h7-9H,4-6H2,1-3H3,(H,14,15). The highest BCUT2D eigenvalue weighted by Crippen LogP contribution is 2.20. The van der Waals surface area contributed by atoms with Crippen LogP contribution in [-0.2, 0) is 4.79 Å². The summed E-state index contributed by atoms with van der Waals surface area (Å²) in [5.41, 5.74) is 2.49. The molecular formula is C12H19NO2. The fraction of sp³-hybridized carbons (Fsp3) is 0.583. The Balaban J connectivity index is 2.53. The minimum atomic E-state index is -0.705. The highest BCUT2D eigenvalue weighted by atomic mass is 16.4. The van der Waals surface area contributed by atoms with Crippen LogP contribution in [-0.4, -0.2) is 15.6 Å². The lowest BCUT2D eigenvalue weighted by atomic mass is 10.1. The third-order valence-corrected chi connectivity index (χ3v) is 2.78. The molecule has 3 nitrogen and oxygen atoms in total. The van der Waals surface area contributed by atoms with Gasteiger partial charge in [-0.2, -0.15) is 0 Å². The molecule has 0 saturated heterocycles.